The zero-order valence-electron chi connectivity index (χ0n) is 19.3. The van der Waals surface area contributed by atoms with Crippen molar-refractivity contribution in [3.8, 4) is 22.3 Å². The van der Waals surface area contributed by atoms with E-state index in [-0.39, 0.29) is 18.2 Å². The van der Waals surface area contributed by atoms with Gasteiger partial charge in [-0.25, -0.2) is 48.3 Å². The number of rotatable bonds is 2. The van der Waals surface area contributed by atoms with E-state index in [1.165, 1.54) is 0 Å². The van der Waals surface area contributed by atoms with E-state index in [0.717, 1.165) is 0 Å². The van der Waals surface area contributed by atoms with E-state index in [1.807, 2.05) is 0 Å². The van der Waals surface area contributed by atoms with Crippen molar-refractivity contribution < 1.29 is 61.5 Å². The Bertz CT molecular complexity index is 1880. The minimum absolute atomic E-state index is 0.101. The van der Waals surface area contributed by atoms with Crippen molar-refractivity contribution in [3.05, 3.63) is 106 Å². The lowest BCUT2D eigenvalue weighted by atomic mass is 9.84. The Balaban J connectivity index is 2.12. The molecule has 0 fully saturated rings. The van der Waals surface area contributed by atoms with E-state index in [4.69, 9.17) is 0 Å². The molecule has 212 valence electrons. The first-order valence-electron chi connectivity index (χ1n) is 10.9. The third kappa shape index (κ3) is 4.15. The summed E-state index contributed by atoms with van der Waals surface area (Å²) in [6.07, 6.45) is -5.95. The average molecular weight is 596 g/mol. The summed E-state index contributed by atoms with van der Waals surface area (Å²) in [5, 5.41) is -3.84. The molecule has 0 atom stereocenters. The van der Waals surface area contributed by atoms with Crippen molar-refractivity contribution >= 4 is 21.5 Å². The molecule has 0 heterocycles. The maximum absolute atomic E-state index is 15.1. The van der Waals surface area contributed by atoms with Gasteiger partial charge < -0.3 is 0 Å². The third-order valence-electron chi connectivity index (χ3n) is 6.28. The molecule has 0 N–H and O–H groups in total. The van der Waals surface area contributed by atoms with E-state index in [2.05, 4.69) is 0 Å². The largest absolute Gasteiger partial charge is 0.422 e. The Labute approximate surface area is 218 Å². The second kappa shape index (κ2) is 9.35. The second-order valence-electron chi connectivity index (χ2n) is 8.60. The highest BCUT2D eigenvalue weighted by molar-refractivity contribution is 6.21. The molecule has 5 rings (SSSR count). The van der Waals surface area contributed by atoms with Crippen LogP contribution in [-0.2, 0) is 6.18 Å². The quantitative estimate of drug-likeness (QED) is 0.108. The normalized spacial score (nSPS) is 12.1. The first-order chi connectivity index (χ1) is 19.1. The minimum Gasteiger partial charge on any atom is -0.207 e. The second-order valence-corrected chi connectivity index (χ2v) is 8.60. The van der Waals surface area contributed by atoms with Crippen LogP contribution in [-0.4, -0.2) is 0 Å². The summed E-state index contributed by atoms with van der Waals surface area (Å²) < 4.78 is 200. The molecule has 0 aromatic heterocycles. The smallest absolute Gasteiger partial charge is 0.207 e. The number of alkyl halides is 3. The fraction of sp³-hybridized carbons (Fsp3) is 0.0370. The van der Waals surface area contributed by atoms with Gasteiger partial charge in [0, 0.05) is 17.2 Å². The highest BCUT2D eigenvalue weighted by Gasteiger charge is 2.43. The van der Waals surface area contributed by atoms with Crippen LogP contribution in [0.2, 0.25) is 0 Å². The van der Waals surface area contributed by atoms with Gasteiger partial charge in [0.15, 0.2) is 58.2 Å². The summed E-state index contributed by atoms with van der Waals surface area (Å²) in [7, 11) is 0. The van der Waals surface area contributed by atoms with Crippen molar-refractivity contribution in [1.82, 2.24) is 0 Å². The van der Waals surface area contributed by atoms with Gasteiger partial charge in [-0.2, -0.15) is 13.2 Å². The van der Waals surface area contributed by atoms with Crippen LogP contribution in [0.15, 0.2) is 36.4 Å². The molecule has 0 unspecified atom stereocenters. The first-order valence-corrected chi connectivity index (χ1v) is 10.9. The Morgan fingerprint density at radius 1 is 0.366 bits per heavy atom. The zero-order chi connectivity index (χ0) is 30.3. The number of fused-ring (bicyclic) bond motifs is 2. The molecule has 0 aliphatic heterocycles. The van der Waals surface area contributed by atoms with Crippen LogP contribution in [0.25, 0.3) is 43.8 Å². The summed E-state index contributed by atoms with van der Waals surface area (Å²) in [5.41, 5.74) is -8.81. The van der Waals surface area contributed by atoms with Crippen molar-refractivity contribution in [1.29, 1.82) is 0 Å². The molecule has 0 bridgehead atoms. The molecule has 0 aliphatic rings. The summed E-state index contributed by atoms with van der Waals surface area (Å²) in [4.78, 5) is 0. The van der Waals surface area contributed by atoms with Crippen molar-refractivity contribution in [2.45, 2.75) is 6.18 Å². The third-order valence-corrected chi connectivity index (χ3v) is 6.28. The fourth-order valence-electron chi connectivity index (χ4n) is 4.62. The van der Waals surface area contributed by atoms with Crippen molar-refractivity contribution in [2.75, 3.05) is 0 Å². The Hall–Kier alpha value is -4.36. The number of hydrogen-bond donors (Lipinski definition) is 0. The van der Waals surface area contributed by atoms with E-state index in [0.29, 0.717) is 18.2 Å². The zero-order valence-corrected chi connectivity index (χ0v) is 19.3. The number of benzene rings is 5. The van der Waals surface area contributed by atoms with Crippen molar-refractivity contribution in [2.24, 2.45) is 0 Å². The Morgan fingerprint density at radius 3 is 1.24 bits per heavy atom. The highest BCUT2D eigenvalue weighted by atomic mass is 19.4. The minimum atomic E-state index is -5.95. The van der Waals surface area contributed by atoms with Gasteiger partial charge in [0.2, 0.25) is 0 Å². The lowest BCUT2D eigenvalue weighted by Gasteiger charge is -2.21. The Kier molecular flexibility index (Phi) is 6.42. The maximum atomic E-state index is 15.1. The molecule has 0 nitrogen and oxygen atoms in total. The molecule has 41 heavy (non-hydrogen) atoms. The molecule has 0 radical (unpaired) electrons. The fourth-order valence-corrected chi connectivity index (χ4v) is 4.62. The predicted octanol–water partition coefficient (Wildman–Crippen LogP) is 9.88. The van der Waals surface area contributed by atoms with E-state index < -0.39 is 120 Å². The van der Waals surface area contributed by atoms with Gasteiger partial charge in [-0.15, -0.1) is 0 Å². The number of halogens is 14. The SMILES string of the molecule is Fc1ccc2c(-c3c(F)c(F)c(C(F)(F)F)c(F)c3F)c3cc(F)c(F)cc3c(-c3c(F)c(F)cc(F)c3F)c2c1. The monoisotopic (exact) mass is 596 g/mol. The standard InChI is InChI=1S/C27H6F14/c28-7-1-2-8-9(3-7)17(18-21(33)14(31)6-15(32)22(18)34)11-5-13(30)12(29)4-10(11)16(8)19-23(35)25(37)20(27(39,40)41)26(38)24(19)36/h1-6H. The molecule has 0 saturated carbocycles. The number of hydrogen-bond acceptors (Lipinski definition) is 0. The van der Waals surface area contributed by atoms with Crippen LogP contribution >= 0.6 is 0 Å². The average Bonchev–Trinajstić information content (AvgIpc) is 2.88. The molecule has 14 heteroatoms. The molecule has 0 saturated heterocycles. The van der Waals surface area contributed by atoms with E-state index >= 15 is 8.78 Å². The van der Waals surface area contributed by atoms with Crippen LogP contribution in [0.4, 0.5) is 61.5 Å². The molecular weight excluding hydrogens is 590 g/mol. The summed E-state index contributed by atoms with van der Waals surface area (Å²) >= 11 is 0. The Morgan fingerprint density at radius 2 is 0.780 bits per heavy atom. The molecule has 0 aliphatic carbocycles. The van der Waals surface area contributed by atoms with Gasteiger partial charge in [-0.3, -0.25) is 0 Å². The molecule has 5 aromatic carbocycles. The lowest BCUT2D eigenvalue weighted by Crippen LogP contribution is -2.16. The van der Waals surface area contributed by atoms with E-state index in [9.17, 15) is 52.7 Å². The summed E-state index contributed by atoms with van der Waals surface area (Å²) in [5.74, 6) is -24.4. The van der Waals surface area contributed by atoms with Crippen molar-refractivity contribution in [3.63, 3.8) is 0 Å². The van der Waals surface area contributed by atoms with Gasteiger partial charge in [0.05, 0.1) is 11.1 Å². The first kappa shape index (κ1) is 28.2. The molecule has 0 spiro atoms. The van der Waals surface area contributed by atoms with Crippen LogP contribution in [0, 0.1) is 64.0 Å². The predicted molar refractivity (Wildman–Crippen MR) is 117 cm³/mol. The topological polar surface area (TPSA) is 0 Å². The van der Waals surface area contributed by atoms with Gasteiger partial charge in [-0.05, 0) is 45.8 Å². The van der Waals surface area contributed by atoms with Crippen LogP contribution in [0.1, 0.15) is 5.56 Å². The molecule has 5 aromatic rings. The van der Waals surface area contributed by atoms with Crippen LogP contribution in [0.3, 0.4) is 0 Å². The maximum Gasteiger partial charge on any atom is 0.422 e. The van der Waals surface area contributed by atoms with Crippen LogP contribution < -0.4 is 0 Å². The van der Waals surface area contributed by atoms with Gasteiger partial charge in [0.25, 0.3) is 0 Å². The molecule has 0 amide bonds. The van der Waals surface area contributed by atoms with Crippen LogP contribution in [0.5, 0.6) is 0 Å². The summed E-state index contributed by atoms with van der Waals surface area (Å²) in [6, 6.07) is 1.45. The van der Waals surface area contributed by atoms with E-state index in [1.54, 1.807) is 0 Å². The van der Waals surface area contributed by atoms with Gasteiger partial charge >= 0.3 is 6.18 Å². The van der Waals surface area contributed by atoms with Gasteiger partial charge in [-0.1, -0.05) is 6.07 Å². The molecular formula is C27H6F14. The van der Waals surface area contributed by atoms with Gasteiger partial charge in [0.1, 0.15) is 11.4 Å². The highest BCUT2D eigenvalue weighted by Crippen LogP contribution is 2.49. The lowest BCUT2D eigenvalue weighted by molar-refractivity contribution is -0.143. The summed E-state index contributed by atoms with van der Waals surface area (Å²) in [6.45, 7) is 0.